The van der Waals surface area contributed by atoms with E-state index in [-0.39, 0.29) is 12.5 Å². The van der Waals surface area contributed by atoms with Crippen molar-refractivity contribution in [1.29, 1.82) is 0 Å². The van der Waals surface area contributed by atoms with E-state index in [2.05, 4.69) is 0 Å². The largest absolute Gasteiger partial charge is 0.471 e. The van der Waals surface area contributed by atoms with Gasteiger partial charge in [0.1, 0.15) is 18.3 Å². The van der Waals surface area contributed by atoms with Gasteiger partial charge in [-0.05, 0) is 0 Å². The van der Waals surface area contributed by atoms with E-state index in [0.717, 1.165) is 0 Å². The van der Waals surface area contributed by atoms with Gasteiger partial charge in [-0.25, -0.2) is 4.79 Å². The van der Waals surface area contributed by atoms with Crippen molar-refractivity contribution in [1.82, 2.24) is 0 Å². The zero-order valence-corrected chi connectivity index (χ0v) is 15.8. The molecule has 0 spiro atoms. The molecule has 0 aliphatic carbocycles. The standard InChI is InChI=1S/C17H26O11/c1-22-10-4-7-8(14(21)23-2)5-26-15(9(7)6-25-10)27-17-13(20)11(18)12(19)16(24-3)28-17/h5,7,9-13,15-20H,4,6H2,1-3H3/t7-,9-,10-,11+,12+,13-,15+,16+,17-/m0/s1. The van der Waals surface area contributed by atoms with Gasteiger partial charge in [-0.15, -0.1) is 0 Å². The maximum atomic E-state index is 12.1. The molecule has 0 saturated carbocycles. The third-order valence-corrected chi connectivity index (χ3v) is 5.23. The van der Waals surface area contributed by atoms with Crippen LogP contribution in [-0.4, -0.2) is 92.7 Å². The van der Waals surface area contributed by atoms with Crippen molar-refractivity contribution < 1.29 is 53.3 Å². The molecule has 11 heteroatoms. The van der Waals surface area contributed by atoms with E-state index in [1.54, 1.807) is 0 Å². The van der Waals surface area contributed by atoms with E-state index in [9.17, 15) is 20.1 Å². The fourth-order valence-corrected chi connectivity index (χ4v) is 3.61. The lowest BCUT2D eigenvalue weighted by molar-refractivity contribution is -0.377. The van der Waals surface area contributed by atoms with Crippen LogP contribution in [0.25, 0.3) is 0 Å². The van der Waals surface area contributed by atoms with Crippen LogP contribution in [0, 0.1) is 11.8 Å². The molecule has 11 nitrogen and oxygen atoms in total. The molecule has 0 radical (unpaired) electrons. The third-order valence-electron chi connectivity index (χ3n) is 5.23. The number of hydrogen-bond acceptors (Lipinski definition) is 11. The predicted molar refractivity (Wildman–Crippen MR) is 88.1 cm³/mol. The van der Waals surface area contributed by atoms with Crippen molar-refractivity contribution in [2.75, 3.05) is 27.9 Å². The monoisotopic (exact) mass is 406 g/mol. The summed E-state index contributed by atoms with van der Waals surface area (Å²) < 4.78 is 37.3. The number of carbonyl (C=O) groups excluding carboxylic acids is 1. The molecule has 3 heterocycles. The number of methoxy groups -OCH3 is 3. The van der Waals surface area contributed by atoms with E-state index >= 15 is 0 Å². The summed E-state index contributed by atoms with van der Waals surface area (Å²) in [6.45, 7) is 0.157. The first-order valence-electron chi connectivity index (χ1n) is 8.87. The molecular formula is C17H26O11. The van der Waals surface area contributed by atoms with Crippen LogP contribution in [-0.2, 0) is 38.0 Å². The second-order valence-corrected chi connectivity index (χ2v) is 6.79. The molecule has 28 heavy (non-hydrogen) atoms. The van der Waals surface area contributed by atoms with Gasteiger partial charge in [0.2, 0.25) is 6.29 Å². The average Bonchev–Trinajstić information content (AvgIpc) is 2.73. The number of ether oxygens (including phenoxy) is 7. The second-order valence-electron chi connectivity index (χ2n) is 6.79. The van der Waals surface area contributed by atoms with Crippen LogP contribution in [0.4, 0.5) is 0 Å². The van der Waals surface area contributed by atoms with Gasteiger partial charge < -0.3 is 48.5 Å². The van der Waals surface area contributed by atoms with Crippen LogP contribution >= 0.6 is 0 Å². The van der Waals surface area contributed by atoms with Crippen molar-refractivity contribution in [3.8, 4) is 0 Å². The van der Waals surface area contributed by atoms with Gasteiger partial charge in [-0.2, -0.15) is 0 Å². The van der Waals surface area contributed by atoms with E-state index < -0.39 is 55.4 Å². The Morgan fingerprint density at radius 3 is 2.39 bits per heavy atom. The SMILES string of the molecule is COC(=O)C1=CO[C@H](O[C@H]2O[C@@H](OC)[C@H](O)[C@@H](O)[C@@H]2O)[C@H]2CO[C@H](OC)C[C@@H]12. The topological polar surface area (TPSA) is 142 Å². The highest BCUT2D eigenvalue weighted by Crippen LogP contribution is 2.40. The molecule has 3 aliphatic heterocycles. The summed E-state index contributed by atoms with van der Waals surface area (Å²) in [7, 11) is 4.06. The van der Waals surface area contributed by atoms with Crippen molar-refractivity contribution in [2.45, 2.75) is 49.9 Å². The molecule has 160 valence electrons. The molecule has 0 bridgehead atoms. The smallest absolute Gasteiger partial charge is 0.337 e. The Kier molecular flexibility index (Phi) is 6.89. The minimum absolute atomic E-state index is 0.157. The number of carbonyl (C=O) groups is 1. The first-order valence-corrected chi connectivity index (χ1v) is 8.87. The fraction of sp³-hybridized carbons (Fsp3) is 0.824. The molecule has 0 aromatic heterocycles. The van der Waals surface area contributed by atoms with Gasteiger partial charge in [-0.1, -0.05) is 0 Å². The molecule has 2 fully saturated rings. The quantitative estimate of drug-likeness (QED) is 0.457. The highest BCUT2D eigenvalue weighted by Gasteiger charge is 2.50. The van der Waals surface area contributed by atoms with Crippen LogP contribution in [0.1, 0.15) is 6.42 Å². The molecule has 0 amide bonds. The Bertz CT molecular complexity index is 579. The summed E-state index contributed by atoms with van der Waals surface area (Å²) in [6, 6.07) is 0. The van der Waals surface area contributed by atoms with Gasteiger partial charge in [0.15, 0.2) is 18.9 Å². The number of hydrogen-bond donors (Lipinski definition) is 3. The van der Waals surface area contributed by atoms with E-state index in [1.807, 2.05) is 0 Å². The summed E-state index contributed by atoms with van der Waals surface area (Å²) in [6.07, 6.45) is -6.85. The molecule has 3 rings (SSSR count). The van der Waals surface area contributed by atoms with Crippen LogP contribution in [0.5, 0.6) is 0 Å². The molecule has 0 aromatic carbocycles. The Balaban J connectivity index is 1.77. The third kappa shape index (κ3) is 4.02. The lowest BCUT2D eigenvalue weighted by Gasteiger charge is -2.45. The van der Waals surface area contributed by atoms with Crippen molar-refractivity contribution in [3.63, 3.8) is 0 Å². The van der Waals surface area contributed by atoms with Gasteiger partial charge in [0.05, 0.1) is 31.5 Å². The highest BCUT2D eigenvalue weighted by molar-refractivity contribution is 5.88. The summed E-state index contributed by atoms with van der Waals surface area (Å²) in [4.78, 5) is 12.1. The number of aliphatic hydroxyl groups is 3. The van der Waals surface area contributed by atoms with Gasteiger partial charge in [-0.3, -0.25) is 0 Å². The van der Waals surface area contributed by atoms with Gasteiger partial charge in [0, 0.05) is 26.6 Å². The molecule has 0 aromatic rings. The van der Waals surface area contributed by atoms with E-state index in [4.69, 9.17) is 33.2 Å². The molecule has 3 N–H and O–H groups in total. The van der Waals surface area contributed by atoms with E-state index in [0.29, 0.717) is 12.0 Å². The Morgan fingerprint density at radius 1 is 1.04 bits per heavy atom. The van der Waals surface area contributed by atoms with Gasteiger partial charge in [0.25, 0.3) is 0 Å². The Hall–Kier alpha value is -1.31. The summed E-state index contributed by atoms with van der Waals surface area (Å²) in [5.74, 6) is -1.29. The zero-order valence-electron chi connectivity index (χ0n) is 15.8. The van der Waals surface area contributed by atoms with Crippen LogP contribution in [0.3, 0.4) is 0 Å². The first-order chi connectivity index (χ1) is 13.4. The highest BCUT2D eigenvalue weighted by atomic mass is 16.8. The molecular weight excluding hydrogens is 380 g/mol. The van der Waals surface area contributed by atoms with Gasteiger partial charge >= 0.3 is 5.97 Å². The van der Waals surface area contributed by atoms with Crippen molar-refractivity contribution >= 4 is 5.97 Å². The minimum Gasteiger partial charge on any atom is -0.471 e. The average molecular weight is 406 g/mol. The fourth-order valence-electron chi connectivity index (χ4n) is 3.61. The van der Waals surface area contributed by atoms with Crippen LogP contribution < -0.4 is 0 Å². The molecule has 3 aliphatic rings. The normalized spacial score (nSPS) is 43.5. The molecule has 2 saturated heterocycles. The number of rotatable bonds is 5. The van der Waals surface area contributed by atoms with Crippen molar-refractivity contribution in [3.05, 3.63) is 11.8 Å². The summed E-state index contributed by atoms with van der Waals surface area (Å²) >= 11 is 0. The number of aliphatic hydroxyl groups excluding tert-OH is 3. The van der Waals surface area contributed by atoms with E-state index in [1.165, 1.54) is 27.6 Å². The maximum absolute atomic E-state index is 12.1. The predicted octanol–water partition coefficient (Wildman–Crippen LogP) is -1.55. The van der Waals surface area contributed by atoms with Crippen LogP contribution in [0.2, 0.25) is 0 Å². The number of esters is 1. The zero-order chi connectivity index (χ0) is 20.4. The summed E-state index contributed by atoms with van der Waals surface area (Å²) in [5.41, 5.74) is 0.327. The second kappa shape index (κ2) is 9.01. The Labute approximate surface area is 161 Å². The Morgan fingerprint density at radius 2 is 1.75 bits per heavy atom. The minimum atomic E-state index is -1.54. The maximum Gasteiger partial charge on any atom is 0.337 e. The van der Waals surface area contributed by atoms with Crippen molar-refractivity contribution in [2.24, 2.45) is 11.8 Å². The molecule has 0 unspecified atom stereocenters. The summed E-state index contributed by atoms with van der Waals surface area (Å²) in [5, 5.41) is 30.0. The lowest BCUT2D eigenvalue weighted by atomic mass is 9.80. The van der Waals surface area contributed by atoms with Crippen LogP contribution in [0.15, 0.2) is 11.8 Å². The lowest BCUT2D eigenvalue weighted by Crippen LogP contribution is -2.60. The number of fused-ring (bicyclic) bond motifs is 1. The first kappa shape index (κ1) is 21.4. The molecule has 9 atom stereocenters.